The highest BCUT2D eigenvalue weighted by Gasteiger charge is 2.22. The van der Waals surface area contributed by atoms with Gasteiger partial charge in [0, 0.05) is 26.3 Å². The van der Waals surface area contributed by atoms with Crippen LogP contribution in [-0.2, 0) is 7.05 Å². The van der Waals surface area contributed by atoms with Crippen molar-refractivity contribution in [1.29, 1.82) is 0 Å². The average molecular weight is 225 g/mol. The Balaban J connectivity index is 2.78. The van der Waals surface area contributed by atoms with Crippen molar-refractivity contribution in [2.45, 2.75) is 26.4 Å². The first-order chi connectivity index (χ1) is 7.20. The number of hydrogen-bond acceptors (Lipinski definition) is 3. The minimum absolute atomic E-state index is 0.175. The van der Waals surface area contributed by atoms with Crippen molar-refractivity contribution in [2.75, 3.05) is 13.6 Å². The molecular weight excluding hydrogens is 206 g/mol. The standard InChI is InChI=1S/C11H19N3O2/c1-8-6-9(12-14(8)5)10(15)13(4)7-11(2,3)16/h6,16H,7H2,1-5H3. The van der Waals surface area contributed by atoms with E-state index in [2.05, 4.69) is 5.10 Å². The van der Waals surface area contributed by atoms with Gasteiger partial charge >= 0.3 is 0 Å². The first kappa shape index (κ1) is 12.7. The zero-order valence-electron chi connectivity index (χ0n) is 10.5. The summed E-state index contributed by atoms with van der Waals surface area (Å²) in [7, 11) is 3.45. The molecular formula is C11H19N3O2. The molecule has 0 saturated heterocycles. The second kappa shape index (κ2) is 4.25. The lowest BCUT2D eigenvalue weighted by atomic mass is 10.1. The Bertz CT molecular complexity index is 371. The minimum Gasteiger partial charge on any atom is -0.389 e. The van der Waals surface area contributed by atoms with E-state index in [-0.39, 0.29) is 12.5 Å². The second-order valence-corrected chi connectivity index (χ2v) is 4.77. The van der Waals surface area contributed by atoms with Crippen LogP contribution >= 0.6 is 0 Å². The van der Waals surface area contributed by atoms with Crippen LogP contribution in [0.2, 0.25) is 0 Å². The maximum absolute atomic E-state index is 11.9. The van der Waals surface area contributed by atoms with Crippen molar-refractivity contribution in [2.24, 2.45) is 7.05 Å². The summed E-state index contributed by atoms with van der Waals surface area (Å²) in [6, 6.07) is 1.74. The molecule has 1 heterocycles. The van der Waals surface area contributed by atoms with Crippen molar-refractivity contribution in [1.82, 2.24) is 14.7 Å². The normalized spacial score (nSPS) is 11.6. The number of likely N-dealkylation sites (N-methyl/N-ethyl adjacent to an activating group) is 1. The predicted molar refractivity (Wildman–Crippen MR) is 61.2 cm³/mol. The maximum atomic E-state index is 11.9. The molecule has 0 aliphatic heterocycles. The summed E-state index contributed by atoms with van der Waals surface area (Å²) in [5.74, 6) is -0.175. The topological polar surface area (TPSA) is 58.4 Å². The van der Waals surface area contributed by atoms with E-state index in [1.807, 2.05) is 6.92 Å². The molecule has 1 N–H and O–H groups in total. The lowest BCUT2D eigenvalue weighted by molar-refractivity contribution is 0.0364. The van der Waals surface area contributed by atoms with E-state index >= 15 is 0 Å². The molecule has 0 aromatic carbocycles. The fourth-order valence-electron chi connectivity index (χ4n) is 1.51. The lowest BCUT2D eigenvalue weighted by Gasteiger charge is -2.24. The number of carbonyl (C=O) groups excluding carboxylic acids is 1. The zero-order valence-corrected chi connectivity index (χ0v) is 10.5. The summed E-state index contributed by atoms with van der Waals surface area (Å²) in [6.45, 7) is 5.50. The summed E-state index contributed by atoms with van der Waals surface area (Å²) in [5.41, 5.74) is 0.445. The number of aromatic nitrogens is 2. The van der Waals surface area contributed by atoms with E-state index in [1.54, 1.807) is 38.7 Å². The van der Waals surface area contributed by atoms with E-state index in [0.717, 1.165) is 5.69 Å². The summed E-state index contributed by atoms with van der Waals surface area (Å²) in [6.07, 6.45) is 0. The molecule has 1 aromatic rings. The molecule has 5 heteroatoms. The van der Waals surface area contributed by atoms with E-state index in [9.17, 15) is 9.90 Å². The van der Waals surface area contributed by atoms with Gasteiger partial charge in [-0.05, 0) is 26.8 Å². The highest BCUT2D eigenvalue weighted by Crippen LogP contribution is 2.08. The number of aliphatic hydroxyl groups is 1. The second-order valence-electron chi connectivity index (χ2n) is 4.77. The Kier molecular flexibility index (Phi) is 3.38. The smallest absolute Gasteiger partial charge is 0.274 e. The minimum atomic E-state index is -0.895. The Morgan fingerprint density at radius 3 is 2.56 bits per heavy atom. The van der Waals surface area contributed by atoms with E-state index in [1.165, 1.54) is 4.90 Å². The van der Waals surface area contributed by atoms with Crippen LogP contribution in [0.1, 0.15) is 30.0 Å². The highest BCUT2D eigenvalue weighted by atomic mass is 16.3. The maximum Gasteiger partial charge on any atom is 0.274 e. The number of amides is 1. The predicted octanol–water partition coefficient (Wildman–Crippen LogP) is 0.571. The van der Waals surface area contributed by atoms with Gasteiger partial charge in [0.15, 0.2) is 5.69 Å². The van der Waals surface area contributed by atoms with Gasteiger partial charge in [-0.25, -0.2) is 0 Å². The van der Waals surface area contributed by atoms with Crippen LogP contribution in [0.25, 0.3) is 0 Å². The average Bonchev–Trinajstić information content (AvgIpc) is 2.43. The third-order valence-electron chi connectivity index (χ3n) is 2.30. The van der Waals surface area contributed by atoms with Crippen molar-refractivity contribution < 1.29 is 9.90 Å². The third-order valence-corrected chi connectivity index (χ3v) is 2.30. The van der Waals surface area contributed by atoms with Crippen LogP contribution < -0.4 is 0 Å². The van der Waals surface area contributed by atoms with Gasteiger partial charge in [0.2, 0.25) is 0 Å². The van der Waals surface area contributed by atoms with E-state index < -0.39 is 5.60 Å². The van der Waals surface area contributed by atoms with Gasteiger partial charge in [-0.1, -0.05) is 0 Å². The SMILES string of the molecule is Cc1cc(C(=O)N(C)CC(C)(C)O)nn1C. The summed E-state index contributed by atoms with van der Waals surface area (Å²) >= 11 is 0. The molecule has 0 fully saturated rings. The molecule has 90 valence electrons. The summed E-state index contributed by atoms with van der Waals surface area (Å²) in [5, 5.41) is 13.7. The zero-order chi connectivity index (χ0) is 12.5. The number of rotatable bonds is 3. The van der Waals surface area contributed by atoms with Crippen molar-refractivity contribution in [3.63, 3.8) is 0 Å². The van der Waals surface area contributed by atoms with Gasteiger partial charge in [0.25, 0.3) is 5.91 Å². The molecule has 1 aromatic heterocycles. The van der Waals surface area contributed by atoms with Crippen molar-refractivity contribution in [3.05, 3.63) is 17.5 Å². The molecule has 5 nitrogen and oxygen atoms in total. The molecule has 1 amide bonds. The largest absolute Gasteiger partial charge is 0.389 e. The number of carbonyl (C=O) groups is 1. The monoisotopic (exact) mass is 225 g/mol. The Morgan fingerprint density at radius 2 is 2.19 bits per heavy atom. The quantitative estimate of drug-likeness (QED) is 0.818. The molecule has 0 aliphatic carbocycles. The van der Waals surface area contributed by atoms with Crippen LogP contribution in [0.15, 0.2) is 6.07 Å². The third kappa shape index (κ3) is 3.06. The molecule has 0 unspecified atom stereocenters. The highest BCUT2D eigenvalue weighted by molar-refractivity contribution is 5.92. The molecule has 1 rings (SSSR count). The Labute approximate surface area is 95.7 Å². The molecule has 0 saturated carbocycles. The van der Waals surface area contributed by atoms with Crippen LogP contribution in [0, 0.1) is 6.92 Å². The van der Waals surface area contributed by atoms with Gasteiger partial charge in [0.1, 0.15) is 0 Å². The molecule has 0 atom stereocenters. The Morgan fingerprint density at radius 1 is 1.62 bits per heavy atom. The van der Waals surface area contributed by atoms with E-state index in [0.29, 0.717) is 5.69 Å². The summed E-state index contributed by atoms with van der Waals surface area (Å²) in [4.78, 5) is 13.4. The van der Waals surface area contributed by atoms with Gasteiger partial charge in [-0.3, -0.25) is 9.48 Å². The molecule has 0 bridgehead atoms. The lowest BCUT2D eigenvalue weighted by Crippen LogP contribution is -2.39. The summed E-state index contributed by atoms with van der Waals surface area (Å²) < 4.78 is 1.66. The fourth-order valence-corrected chi connectivity index (χ4v) is 1.51. The van der Waals surface area contributed by atoms with Crippen LogP contribution in [-0.4, -0.2) is 44.9 Å². The van der Waals surface area contributed by atoms with Crippen molar-refractivity contribution >= 4 is 5.91 Å². The molecule has 0 spiro atoms. The first-order valence-electron chi connectivity index (χ1n) is 5.19. The number of aryl methyl sites for hydroxylation is 2. The molecule has 0 aliphatic rings. The molecule has 16 heavy (non-hydrogen) atoms. The van der Waals surface area contributed by atoms with Crippen LogP contribution in [0.5, 0.6) is 0 Å². The number of nitrogens with zero attached hydrogens (tertiary/aromatic N) is 3. The van der Waals surface area contributed by atoms with Gasteiger partial charge in [-0.2, -0.15) is 5.10 Å². The van der Waals surface area contributed by atoms with E-state index in [4.69, 9.17) is 0 Å². The number of hydrogen-bond donors (Lipinski definition) is 1. The fraction of sp³-hybridized carbons (Fsp3) is 0.636. The van der Waals surface area contributed by atoms with Gasteiger partial charge in [-0.15, -0.1) is 0 Å². The Hall–Kier alpha value is -1.36. The first-order valence-corrected chi connectivity index (χ1v) is 5.19. The van der Waals surface area contributed by atoms with Gasteiger partial charge in [0.05, 0.1) is 5.60 Å². The van der Waals surface area contributed by atoms with Crippen LogP contribution in [0.3, 0.4) is 0 Å². The van der Waals surface area contributed by atoms with Gasteiger partial charge < -0.3 is 10.0 Å². The van der Waals surface area contributed by atoms with Crippen molar-refractivity contribution in [3.8, 4) is 0 Å². The molecule has 0 radical (unpaired) electrons. The van der Waals surface area contributed by atoms with Crippen LogP contribution in [0.4, 0.5) is 0 Å².